The summed E-state index contributed by atoms with van der Waals surface area (Å²) >= 11 is 0. The van der Waals surface area contributed by atoms with E-state index in [0.717, 1.165) is 0 Å². The number of carbonyl (C=O) groups is 4. The molecule has 0 fully saturated rings. The van der Waals surface area contributed by atoms with Crippen molar-refractivity contribution in [1.29, 1.82) is 0 Å². The standard InChI is InChI=1S/C16H10O5/c17-9-11-5-1-3-7-13(11)15(19)21-16(20)14-8-4-2-6-12(14)10-18/h1-10H. The van der Waals surface area contributed by atoms with Crippen LogP contribution in [0.15, 0.2) is 48.5 Å². The molecule has 0 unspecified atom stereocenters. The van der Waals surface area contributed by atoms with Crippen molar-refractivity contribution in [3.8, 4) is 0 Å². The van der Waals surface area contributed by atoms with Gasteiger partial charge < -0.3 is 4.74 Å². The Kier molecular flexibility index (Phi) is 4.36. The number of hydrogen-bond acceptors (Lipinski definition) is 5. The number of benzene rings is 2. The SMILES string of the molecule is O=Cc1ccccc1C(=O)OC(=O)c1ccccc1C=O. The zero-order valence-corrected chi connectivity index (χ0v) is 10.8. The van der Waals surface area contributed by atoms with E-state index in [1.807, 2.05) is 0 Å². The minimum atomic E-state index is -0.941. The molecule has 2 aromatic carbocycles. The molecule has 0 amide bonds. The Balaban J connectivity index is 2.25. The fourth-order valence-corrected chi connectivity index (χ4v) is 1.77. The second-order valence-electron chi connectivity index (χ2n) is 4.09. The van der Waals surface area contributed by atoms with Crippen molar-refractivity contribution < 1.29 is 23.9 Å². The average molecular weight is 282 g/mol. The summed E-state index contributed by atoms with van der Waals surface area (Å²) < 4.78 is 4.71. The van der Waals surface area contributed by atoms with Gasteiger partial charge in [0.15, 0.2) is 12.6 Å². The van der Waals surface area contributed by atoms with Crippen molar-refractivity contribution >= 4 is 24.5 Å². The number of rotatable bonds is 4. The first kappa shape index (κ1) is 14.3. The van der Waals surface area contributed by atoms with Crippen LogP contribution in [0.1, 0.15) is 41.4 Å². The Labute approximate surface area is 120 Å². The van der Waals surface area contributed by atoms with E-state index >= 15 is 0 Å². The van der Waals surface area contributed by atoms with Crippen molar-refractivity contribution in [1.82, 2.24) is 0 Å². The van der Waals surface area contributed by atoms with Gasteiger partial charge in [-0.25, -0.2) is 9.59 Å². The molecule has 0 bridgehead atoms. The van der Waals surface area contributed by atoms with Gasteiger partial charge in [0.2, 0.25) is 0 Å². The lowest BCUT2D eigenvalue weighted by atomic mass is 10.1. The second-order valence-corrected chi connectivity index (χ2v) is 4.09. The molecule has 0 aliphatic rings. The van der Waals surface area contributed by atoms with Crippen molar-refractivity contribution in [3.05, 3.63) is 70.8 Å². The summed E-state index contributed by atoms with van der Waals surface area (Å²) in [5.74, 6) is -1.88. The minimum Gasteiger partial charge on any atom is -0.386 e. The fraction of sp³-hybridized carbons (Fsp3) is 0. The normalized spacial score (nSPS) is 9.71. The van der Waals surface area contributed by atoms with Crippen molar-refractivity contribution in [2.24, 2.45) is 0 Å². The molecule has 0 atom stereocenters. The molecule has 2 rings (SSSR count). The highest BCUT2D eigenvalue weighted by atomic mass is 16.6. The zero-order chi connectivity index (χ0) is 15.2. The minimum absolute atomic E-state index is 0.00978. The average Bonchev–Trinajstić information content (AvgIpc) is 2.54. The molecule has 0 spiro atoms. The molecule has 0 aliphatic carbocycles. The summed E-state index contributed by atoms with van der Waals surface area (Å²) in [7, 11) is 0. The predicted octanol–water partition coefficient (Wildman–Crippen LogP) is 2.31. The molecule has 2 aromatic rings. The van der Waals surface area contributed by atoms with Crippen LogP contribution in [-0.4, -0.2) is 24.5 Å². The summed E-state index contributed by atoms with van der Waals surface area (Å²) in [5.41, 5.74) is 0.229. The lowest BCUT2D eigenvalue weighted by molar-refractivity contribution is 0.0395. The van der Waals surface area contributed by atoms with Crippen LogP contribution in [0.5, 0.6) is 0 Å². The maximum Gasteiger partial charge on any atom is 0.346 e. The van der Waals surface area contributed by atoms with Crippen LogP contribution >= 0.6 is 0 Å². The van der Waals surface area contributed by atoms with Gasteiger partial charge in [0.1, 0.15) is 0 Å². The molecule has 0 aliphatic heterocycles. The van der Waals surface area contributed by atoms with Gasteiger partial charge in [0, 0.05) is 11.1 Å². The van der Waals surface area contributed by atoms with E-state index in [4.69, 9.17) is 4.74 Å². The van der Waals surface area contributed by atoms with Crippen LogP contribution in [-0.2, 0) is 4.74 Å². The second kappa shape index (κ2) is 6.38. The topological polar surface area (TPSA) is 77.5 Å². The highest BCUT2D eigenvalue weighted by Gasteiger charge is 2.19. The number of ether oxygens (including phenoxy) is 1. The van der Waals surface area contributed by atoms with E-state index in [-0.39, 0.29) is 22.3 Å². The highest BCUT2D eigenvalue weighted by Crippen LogP contribution is 2.12. The maximum absolute atomic E-state index is 11.9. The molecule has 0 N–H and O–H groups in total. The molecular weight excluding hydrogens is 272 g/mol. The van der Waals surface area contributed by atoms with E-state index in [1.165, 1.54) is 24.3 Å². The molecule has 0 aromatic heterocycles. The van der Waals surface area contributed by atoms with Crippen LogP contribution in [0.3, 0.4) is 0 Å². The first-order valence-electron chi connectivity index (χ1n) is 6.02. The molecule has 0 saturated heterocycles. The summed E-state index contributed by atoms with van der Waals surface area (Å²) in [6.45, 7) is 0. The lowest BCUT2D eigenvalue weighted by Gasteiger charge is -2.06. The molecule has 5 nitrogen and oxygen atoms in total. The van der Waals surface area contributed by atoms with Gasteiger partial charge in [0.25, 0.3) is 0 Å². The Morgan fingerprint density at radius 1 is 0.714 bits per heavy atom. The molecule has 0 radical (unpaired) electrons. The third kappa shape index (κ3) is 3.09. The van der Waals surface area contributed by atoms with Crippen molar-refractivity contribution in [2.75, 3.05) is 0 Å². The zero-order valence-electron chi connectivity index (χ0n) is 10.8. The first-order chi connectivity index (χ1) is 10.2. The Morgan fingerprint density at radius 3 is 1.48 bits per heavy atom. The van der Waals surface area contributed by atoms with E-state index in [2.05, 4.69) is 0 Å². The van der Waals surface area contributed by atoms with Crippen LogP contribution < -0.4 is 0 Å². The Hall–Kier alpha value is -3.08. The number of aldehydes is 2. The molecule has 0 saturated carbocycles. The van der Waals surface area contributed by atoms with Crippen molar-refractivity contribution in [2.45, 2.75) is 0 Å². The van der Waals surface area contributed by atoms with Crippen LogP contribution in [0.2, 0.25) is 0 Å². The van der Waals surface area contributed by atoms with E-state index < -0.39 is 11.9 Å². The van der Waals surface area contributed by atoms with Crippen molar-refractivity contribution in [3.63, 3.8) is 0 Å². The van der Waals surface area contributed by atoms with Gasteiger partial charge in [0.05, 0.1) is 11.1 Å². The summed E-state index contributed by atoms with van der Waals surface area (Å²) in [6.07, 6.45) is 1.00. The quantitative estimate of drug-likeness (QED) is 0.488. The maximum atomic E-state index is 11.9. The van der Waals surface area contributed by atoms with E-state index in [9.17, 15) is 19.2 Å². The first-order valence-corrected chi connectivity index (χ1v) is 6.02. The van der Waals surface area contributed by atoms with Gasteiger partial charge in [-0.3, -0.25) is 9.59 Å². The highest BCUT2D eigenvalue weighted by molar-refractivity contribution is 6.08. The Morgan fingerprint density at radius 2 is 1.10 bits per heavy atom. The number of hydrogen-bond donors (Lipinski definition) is 0. The number of carbonyl (C=O) groups excluding carboxylic acids is 4. The predicted molar refractivity (Wildman–Crippen MR) is 73.4 cm³/mol. The summed E-state index contributed by atoms with van der Waals surface area (Å²) in [6, 6.07) is 11.9. The van der Waals surface area contributed by atoms with Crippen LogP contribution in [0, 0.1) is 0 Å². The third-order valence-corrected chi connectivity index (χ3v) is 2.80. The van der Waals surface area contributed by atoms with Crippen LogP contribution in [0.4, 0.5) is 0 Å². The Bertz CT molecular complexity index is 657. The fourth-order valence-electron chi connectivity index (χ4n) is 1.77. The monoisotopic (exact) mass is 282 g/mol. The lowest BCUT2D eigenvalue weighted by Crippen LogP contribution is -2.15. The number of esters is 2. The molecular formula is C16H10O5. The summed E-state index contributed by atoms with van der Waals surface area (Å²) in [5, 5.41) is 0. The smallest absolute Gasteiger partial charge is 0.346 e. The van der Waals surface area contributed by atoms with Gasteiger partial charge in [-0.1, -0.05) is 36.4 Å². The van der Waals surface area contributed by atoms with E-state index in [0.29, 0.717) is 12.6 Å². The molecule has 104 valence electrons. The van der Waals surface area contributed by atoms with Gasteiger partial charge in [-0.15, -0.1) is 0 Å². The molecule has 21 heavy (non-hydrogen) atoms. The summed E-state index contributed by atoms with van der Waals surface area (Å²) in [4.78, 5) is 45.5. The van der Waals surface area contributed by atoms with Gasteiger partial charge in [-0.05, 0) is 12.1 Å². The van der Waals surface area contributed by atoms with Gasteiger partial charge in [-0.2, -0.15) is 0 Å². The third-order valence-electron chi connectivity index (χ3n) is 2.80. The molecule has 5 heteroatoms. The van der Waals surface area contributed by atoms with Gasteiger partial charge >= 0.3 is 11.9 Å². The molecule has 0 heterocycles. The largest absolute Gasteiger partial charge is 0.386 e. The van der Waals surface area contributed by atoms with E-state index in [1.54, 1.807) is 24.3 Å². The van der Waals surface area contributed by atoms with Crippen LogP contribution in [0.25, 0.3) is 0 Å².